The summed E-state index contributed by atoms with van der Waals surface area (Å²) in [7, 11) is 0. The summed E-state index contributed by atoms with van der Waals surface area (Å²) in [4.78, 5) is 29.0. The van der Waals surface area contributed by atoms with Gasteiger partial charge in [-0.3, -0.25) is 9.59 Å². The van der Waals surface area contributed by atoms with Crippen LogP contribution in [0.15, 0.2) is 54.6 Å². The van der Waals surface area contributed by atoms with Crippen LogP contribution in [0.5, 0.6) is 0 Å². The predicted octanol–water partition coefficient (Wildman–Crippen LogP) is 2.45. The number of carbonyl (C=O) groups excluding carboxylic acids is 2. The summed E-state index contributed by atoms with van der Waals surface area (Å²) < 4.78 is 0. The number of amides is 2. The topological polar surface area (TPSA) is 66.6 Å². The molecule has 3 rings (SSSR count). The van der Waals surface area contributed by atoms with Crippen LogP contribution in [0, 0.1) is 0 Å². The van der Waals surface area contributed by atoms with Gasteiger partial charge in [0.05, 0.1) is 0 Å². The zero-order valence-corrected chi connectivity index (χ0v) is 15.6. The van der Waals surface area contributed by atoms with Crippen LogP contribution in [-0.4, -0.2) is 47.8 Å². The number of benzene rings is 2. The van der Waals surface area contributed by atoms with Gasteiger partial charge in [-0.2, -0.15) is 0 Å². The number of hydrogen-bond acceptors (Lipinski definition) is 3. The summed E-state index contributed by atoms with van der Waals surface area (Å²) in [5, 5.41) is 0. The molecule has 0 atom stereocenters. The summed E-state index contributed by atoms with van der Waals surface area (Å²) in [6.07, 6.45) is 2.08. The van der Waals surface area contributed by atoms with Gasteiger partial charge in [-0.05, 0) is 36.1 Å². The van der Waals surface area contributed by atoms with Crippen molar-refractivity contribution in [2.75, 3.05) is 26.2 Å². The highest BCUT2D eigenvalue weighted by Crippen LogP contribution is 2.12. The molecule has 1 aliphatic heterocycles. The van der Waals surface area contributed by atoms with E-state index < -0.39 is 0 Å². The van der Waals surface area contributed by atoms with Gasteiger partial charge >= 0.3 is 0 Å². The number of rotatable bonds is 5. The van der Waals surface area contributed by atoms with Crippen LogP contribution < -0.4 is 5.73 Å². The molecule has 0 spiro atoms. The van der Waals surface area contributed by atoms with E-state index in [1.807, 2.05) is 64.4 Å². The first kappa shape index (κ1) is 19.1. The highest BCUT2D eigenvalue weighted by atomic mass is 16.2. The van der Waals surface area contributed by atoms with Crippen molar-refractivity contribution in [2.24, 2.45) is 5.73 Å². The van der Waals surface area contributed by atoms with Crippen LogP contribution in [0.1, 0.15) is 34.3 Å². The molecule has 0 unspecified atom stereocenters. The Morgan fingerprint density at radius 3 is 2.19 bits per heavy atom. The van der Waals surface area contributed by atoms with Crippen LogP contribution >= 0.6 is 0 Å². The molecule has 0 radical (unpaired) electrons. The molecule has 0 aliphatic carbocycles. The molecular formula is C22H27N3O2. The van der Waals surface area contributed by atoms with E-state index in [0.29, 0.717) is 44.7 Å². The normalized spacial score (nSPS) is 14.7. The first-order valence-electron chi connectivity index (χ1n) is 9.57. The molecule has 2 aromatic rings. The monoisotopic (exact) mass is 365 g/mol. The second kappa shape index (κ2) is 9.33. The summed E-state index contributed by atoms with van der Waals surface area (Å²) in [6, 6.07) is 17.5. The average Bonchev–Trinajstić information content (AvgIpc) is 2.98. The van der Waals surface area contributed by atoms with Gasteiger partial charge in [0.15, 0.2) is 0 Å². The van der Waals surface area contributed by atoms with Crippen LogP contribution in [0.4, 0.5) is 0 Å². The van der Waals surface area contributed by atoms with Gasteiger partial charge in [0, 0.05) is 44.7 Å². The molecule has 0 aromatic heterocycles. The Hall–Kier alpha value is -2.66. The van der Waals surface area contributed by atoms with E-state index in [2.05, 4.69) is 0 Å². The molecule has 142 valence electrons. The SMILES string of the molecule is NCc1ccc(C(=O)N2CCCN(C(=O)CCc3ccccc3)CC2)cc1. The molecule has 2 N–H and O–H groups in total. The van der Waals surface area contributed by atoms with E-state index >= 15 is 0 Å². The maximum absolute atomic E-state index is 12.7. The van der Waals surface area contributed by atoms with Crippen molar-refractivity contribution in [3.8, 4) is 0 Å². The summed E-state index contributed by atoms with van der Waals surface area (Å²) in [5.41, 5.74) is 8.48. The third kappa shape index (κ3) is 5.17. The Kier molecular flexibility index (Phi) is 6.60. The van der Waals surface area contributed by atoms with Gasteiger partial charge in [0.1, 0.15) is 0 Å². The molecular weight excluding hydrogens is 338 g/mol. The van der Waals surface area contributed by atoms with Crippen LogP contribution in [-0.2, 0) is 17.8 Å². The van der Waals surface area contributed by atoms with Gasteiger partial charge in [-0.1, -0.05) is 42.5 Å². The average molecular weight is 365 g/mol. The first-order valence-corrected chi connectivity index (χ1v) is 9.57. The Bertz CT molecular complexity index is 759. The standard InChI is InChI=1S/C22H27N3O2/c23-17-19-7-10-20(11-8-19)22(27)25-14-4-13-24(15-16-25)21(26)12-9-18-5-2-1-3-6-18/h1-3,5-8,10-11H,4,9,12-17,23H2. The molecule has 27 heavy (non-hydrogen) atoms. The van der Waals surface area contributed by atoms with E-state index in [1.54, 1.807) is 0 Å². The molecule has 2 aromatic carbocycles. The lowest BCUT2D eigenvalue weighted by atomic mass is 10.1. The molecule has 5 nitrogen and oxygen atoms in total. The van der Waals surface area contributed by atoms with Crippen LogP contribution in [0.3, 0.4) is 0 Å². The minimum absolute atomic E-state index is 0.0251. The highest BCUT2D eigenvalue weighted by molar-refractivity contribution is 5.94. The van der Waals surface area contributed by atoms with Crippen molar-refractivity contribution in [3.63, 3.8) is 0 Å². The van der Waals surface area contributed by atoms with Crippen molar-refractivity contribution in [1.82, 2.24) is 9.80 Å². The lowest BCUT2D eigenvalue weighted by Gasteiger charge is -2.22. The lowest BCUT2D eigenvalue weighted by molar-refractivity contribution is -0.131. The first-order chi connectivity index (χ1) is 13.2. The van der Waals surface area contributed by atoms with Gasteiger partial charge in [-0.25, -0.2) is 0 Å². The number of hydrogen-bond donors (Lipinski definition) is 1. The number of carbonyl (C=O) groups is 2. The Morgan fingerprint density at radius 1 is 0.815 bits per heavy atom. The molecule has 0 bridgehead atoms. The zero-order valence-electron chi connectivity index (χ0n) is 15.6. The molecule has 1 saturated heterocycles. The van der Waals surface area contributed by atoms with E-state index in [4.69, 9.17) is 5.73 Å². The third-order valence-corrected chi connectivity index (χ3v) is 5.04. The van der Waals surface area contributed by atoms with E-state index in [1.165, 1.54) is 5.56 Å². The van der Waals surface area contributed by atoms with Gasteiger partial charge in [-0.15, -0.1) is 0 Å². The fraction of sp³-hybridized carbons (Fsp3) is 0.364. The molecule has 1 aliphatic rings. The molecule has 0 saturated carbocycles. The Balaban J connectivity index is 1.53. The molecule has 1 heterocycles. The van der Waals surface area contributed by atoms with E-state index in [0.717, 1.165) is 18.4 Å². The quantitative estimate of drug-likeness (QED) is 0.885. The fourth-order valence-corrected chi connectivity index (χ4v) is 3.39. The largest absolute Gasteiger partial charge is 0.341 e. The second-order valence-electron chi connectivity index (χ2n) is 6.91. The lowest BCUT2D eigenvalue weighted by Crippen LogP contribution is -2.37. The van der Waals surface area contributed by atoms with Gasteiger partial charge in [0.25, 0.3) is 5.91 Å². The van der Waals surface area contributed by atoms with Crippen LogP contribution in [0.25, 0.3) is 0 Å². The molecule has 1 fully saturated rings. The molecule has 5 heteroatoms. The van der Waals surface area contributed by atoms with Crippen LogP contribution in [0.2, 0.25) is 0 Å². The molecule has 2 amide bonds. The minimum atomic E-state index is 0.0251. The smallest absolute Gasteiger partial charge is 0.253 e. The minimum Gasteiger partial charge on any atom is -0.341 e. The predicted molar refractivity (Wildman–Crippen MR) is 106 cm³/mol. The number of nitrogens with two attached hydrogens (primary N) is 1. The van der Waals surface area contributed by atoms with E-state index in [9.17, 15) is 9.59 Å². The van der Waals surface area contributed by atoms with Gasteiger partial charge in [0.2, 0.25) is 5.91 Å². The van der Waals surface area contributed by atoms with Gasteiger partial charge < -0.3 is 15.5 Å². The van der Waals surface area contributed by atoms with Crippen molar-refractivity contribution in [2.45, 2.75) is 25.8 Å². The third-order valence-electron chi connectivity index (χ3n) is 5.04. The summed E-state index contributed by atoms with van der Waals surface area (Å²) >= 11 is 0. The van der Waals surface area contributed by atoms with Crippen molar-refractivity contribution in [1.29, 1.82) is 0 Å². The number of nitrogens with zero attached hydrogens (tertiary/aromatic N) is 2. The van der Waals surface area contributed by atoms with Crippen molar-refractivity contribution in [3.05, 3.63) is 71.3 Å². The maximum atomic E-state index is 12.7. The summed E-state index contributed by atoms with van der Waals surface area (Å²) in [6.45, 7) is 3.04. The highest BCUT2D eigenvalue weighted by Gasteiger charge is 2.22. The van der Waals surface area contributed by atoms with Crippen molar-refractivity contribution >= 4 is 11.8 Å². The number of aryl methyl sites for hydroxylation is 1. The Morgan fingerprint density at radius 2 is 1.48 bits per heavy atom. The maximum Gasteiger partial charge on any atom is 0.253 e. The van der Waals surface area contributed by atoms with Crippen molar-refractivity contribution < 1.29 is 9.59 Å². The van der Waals surface area contributed by atoms with E-state index in [-0.39, 0.29) is 11.8 Å². The second-order valence-corrected chi connectivity index (χ2v) is 6.91. The Labute approximate surface area is 160 Å². The zero-order chi connectivity index (χ0) is 19.1. The summed E-state index contributed by atoms with van der Waals surface area (Å²) in [5.74, 6) is 0.192. The fourth-order valence-electron chi connectivity index (χ4n) is 3.39.